The summed E-state index contributed by atoms with van der Waals surface area (Å²) in [5, 5.41) is 3.03. The van der Waals surface area contributed by atoms with Crippen LogP contribution >= 0.6 is 15.9 Å². The molecule has 0 radical (unpaired) electrons. The van der Waals surface area contributed by atoms with Crippen molar-refractivity contribution < 1.29 is 4.79 Å². The number of hydrogen-bond donors (Lipinski definition) is 2. The van der Waals surface area contributed by atoms with E-state index in [-0.39, 0.29) is 18.5 Å². The number of rotatable bonds is 4. The van der Waals surface area contributed by atoms with Gasteiger partial charge >= 0.3 is 0 Å². The van der Waals surface area contributed by atoms with Crippen molar-refractivity contribution in [3.8, 4) is 0 Å². The topological polar surface area (TPSA) is 55.1 Å². The van der Waals surface area contributed by atoms with Crippen LogP contribution in [0.25, 0.3) is 0 Å². The second-order valence-electron chi connectivity index (χ2n) is 3.12. The normalized spacial score (nSPS) is 12.4. The molecule has 14 heavy (non-hydrogen) atoms. The molecule has 0 fully saturated rings. The lowest BCUT2D eigenvalue weighted by Gasteiger charge is -2.12. The Morgan fingerprint density at radius 1 is 1.64 bits per heavy atom. The molecule has 3 nitrogen and oxygen atoms in total. The fourth-order valence-corrected chi connectivity index (χ4v) is 1.56. The number of halogens is 1. The number of carbonyl (C=O) groups is 1. The molecule has 0 aliphatic carbocycles. The second kappa shape index (κ2) is 5.12. The predicted molar refractivity (Wildman–Crippen MR) is 59.8 cm³/mol. The summed E-state index contributed by atoms with van der Waals surface area (Å²) in [4.78, 5) is 10.6. The first-order valence-corrected chi connectivity index (χ1v) is 5.16. The van der Waals surface area contributed by atoms with E-state index < -0.39 is 0 Å². The van der Waals surface area contributed by atoms with Crippen LogP contribution in [0.3, 0.4) is 0 Å². The summed E-state index contributed by atoms with van der Waals surface area (Å²) >= 11 is 3.39. The predicted octanol–water partition coefficient (Wildman–Crippen LogP) is 1.58. The van der Waals surface area contributed by atoms with Crippen molar-refractivity contribution in [3.05, 3.63) is 34.3 Å². The van der Waals surface area contributed by atoms with E-state index in [9.17, 15) is 4.79 Å². The van der Waals surface area contributed by atoms with Crippen molar-refractivity contribution in [1.29, 1.82) is 0 Å². The van der Waals surface area contributed by atoms with Gasteiger partial charge in [0.15, 0.2) is 0 Å². The Balaban J connectivity index is 2.60. The highest BCUT2D eigenvalue weighted by molar-refractivity contribution is 9.10. The largest absolute Gasteiger partial charge is 0.369 e. The molecule has 0 spiro atoms. The lowest BCUT2D eigenvalue weighted by molar-refractivity contribution is -0.117. The lowest BCUT2D eigenvalue weighted by atomic mass is 10.1. The van der Waals surface area contributed by atoms with E-state index in [0.717, 1.165) is 10.0 Å². The van der Waals surface area contributed by atoms with Gasteiger partial charge in [-0.15, -0.1) is 0 Å². The van der Waals surface area contributed by atoms with E-state index in [0.29, 0.717) is 0 Å². The van der Waals surface area contributed by atoms with Crippen molar-refractivity contribution in [2.45, 2.75) is 13.0 Å². The van der Waals surface area contributed by atoms with Crippen LogP contribution < -0.4 is 11.1 Å². The summed E-state index contributed by atoms with van der Waals surface area (Å²) in [6, 6.07) is 8.06. The Hall–Kier alpha value is -0.870. The molecule has 1 amide bonds. The van der Waals surface area contributed by atoms with Gasteiger partial charge in [0.05, 0.1) is 6.54 Å². The Morgan fingerprint density at radius 3 is 2.93 bits per heavy atom. The summed E-state index contributed by atoms with van der Waals surface area (Å²) in [7, 11) is 0. The summed E-state index contributed by atoms with van der Waals surface area (Å²) in [5.41, 5.74) is 6.16. The molecule has 0 aromatic heterocycles. The first kappa shape index (κ1) is 11.2. The zero-order valence-electron chi connectivity index (χ0n) is 7.96. The van der Waals surface area contributed by atoms with Gasteiger partial charge in [0.25, 0.3) is 0 Å². The number of amides is 1. The first-order chi connectivity index (χ1) is 6.59. The molecule has 0 aliphatic rings. The van der Waals surface area contributed by atoms with E-state index in [4.69, 9.17) is 5.73 Å². The Labute approximate surface area is 91.8 Å². The number of nitrogens with two attached hydrogens (primary N) is 1. The summed E-state index contributed by atoms with van der Waals surface area (Å²) in [6.07, 6.45) is 0. The lowest BCUT2D eigenvalue weighted by Crippen LogP contribution is -2.30. The maximum atomic E-state index is 10.6. The fraction of sp³-hybridized carbons (Fsp3) is 0.300. The van der Waals surface area contributed by atoms with E-state index >= 15 is 0 Å². The molecule has 0 aliphatic heterocycles. The van der Waals surface area contributed by atoms with E-state index in [1.165, 1.54) is 0 Å². The van der Waals surface area contributed by atoms with Crippen LogP contribution in [0.15, 0.2) is 28.7 Å². The van der Waals surface area contributed by atoms with Crippen LogP contribution in [0.2, 0.25) is 0 Å². The standard InChI is InChI=1S/C10H13BrN2O/c1-7(13-6-10(12)14)8-3-2-4-9(11)5-8/h2-5,7,13H,6H2,1H3,(H2,12,14). The van der Waals surface area contributed by atoms with Gasteiger partial charge in [-0.1, -0.05) is 28.1 Å². The third-order valence-corrected chi connectivity index (χ3v) is 2.42. The Kier molecular flexibility index (Phi) is 4.10. The number of primary amides is 1. The molecule has 1 atom stereocenters. The molecule has 3 N–H and O–H groups in total. The molecule has 0 heterocycles. The van der Waals surface area contributed by atoms with Crippen LogP contribution in [0.4, 0.5) is 0 Å². The van der Waals surface area contributed by atoms with Crippen LogP contribution in [0.1, 0.15) is 18.5 Å². The number of benzene rings is 1. The van der Waals surface area contributed by atoms with Crippen molar-refractivity contribution in [3.63, 3.8) is 0 Å². The van der Waals surface area contributed by atoms with Gasteiger partial charge in [-0.2, -0.15) is 0 Å². The fourth-order valence-electron chi connectivity index (χ4n) is 1.15. The third-order valence-electron chi connectivity index (χ3n) is 1.93. The highest BCUT2D eigenvalue weighted by atomic mass is 79.9. The zero-order chi connectivity index (χ0) is 10.6. The van der Waals surface area contributed by atoms with Crippen LogP contribution in [-0.4, -0.2) is 12.5 Å². The van der Waals surface area contributed by atoms with E-state index in [1.807, 2.05) is 31.2 Å². The first-order valence-electron chi connectivity index (χ1n) is 4.36. The number of hydrogen-bond acceptors (Lipinski definition) is 2. The minimum atomic E-state index is -0.341. The number of nitrogens with one attached hydrogen (secondary N) is 1. The molecule has 4 heteroatoms. The van der Waals surface area contributed by atoms with Gasteiger partial charge < -0.3 is 11.1 Å². The quantitative estimate of drug-likeness (QED) is 0.860. The molecule has 0 saturated carbocycles. The smallest absolute Gasteiger partial charge is 0.231 e. The minimum absolute atomic E-state index is 0.125. The zero-order valence-corrected chi connectivity index (χ0v) is 9.54. The van der Waals surface area contributed by atoms with Gasteiger partial charge in [0.2, 0.25) is 5.91 Å². The maximum absolute atomic E-state index is 10.6. The average Bonchev–Trinajstić information content (AvgIpc) is 2.14. The van der Waals surface area contributed by atoms with Gasteiger partial charge in [0.1, 0.15) is 0 Å². The van der Waals surface area contributed by atoms with Crippen LogP contribution in [0.5, 0.6) is 0 Å². The Bertz CT molecular complexity index is 328. The Morgan fingerprint density at radius 2 is 2.36 bits per heavy atom. The molecule has 1 unspecified atom stereocenters. The highest BCUT2D eigenvalue weighted by Gasteiger charge is 2.05. The average molecular weight is 257 g/mol. The highest BCUT2D eigenvalue weighted by Crippen LogP contribution is 2.17. The molecular weight excluding hydrogens is 244 g/mol. The van der Waals surface area contributed by atoms with Gasteiger partial charge in [-0.05, 0) is 24.6 Å². The third kappa shape index (κ3) is 3.47. The van der Waals surface area contributed by atoms with Crippen molar-refractivity contribution in [2.24, 2.45) is 5.73 Å². The SMILES string of the molecule is CC(NCC(N)=O)c1cccc(Br)c1. The summed E-state index contributed by atoms with van der Waals surface area (Å²) < 4.78 is 1.03. The maximum Gasteiger partial charge on any atom is 0.231 e. The molecule has 76 valence electrons. The summed E-state index contributed by atoms with van der Waals surface area (Å²) in [5.74, 6) is -0.341. The van der Waals surface area contributed by atoms with E-state index in [1.54, 1.807) is 0 Å². The van der Waals surface area contributed by atoms with Crippen molar-refractivity contribution in [2.75, 3.05) is 6.54 Å². The molecule has 1 aromatic rings. The van der Waals surface area contributed by atoms with Gasteiger partial charge in [-0.3, -0.25) is 4.79 Å². The monoisotopic (exact) mass is 256 g/mol. The molecule has 1 aromatic carbocycles. The van der Waals surface area contributed by atoms with Crippen LogP contribution in [0, 0.1) is 0 Å². The number of carbonyl (C=O) groups excluding carboxylic acids is 1. The van der Waals surface area contributed by atoms with Crippen molar-refractivity contribution >= 4 is 21.8 Å². The van der Waals surface area contributed by atoms with Crippen molar-refractivity contribution in [1.82, 2.24) is 5.32 Å². The molecule has 0 bridgehead atoms. The molecule has 0 saturated heterocycles. The van der Waals surface area contributed by atoms with Gasteiger partial charge in [-0.25, -0.2) is 0 Å². The van der Waals surface area contributed by atoms with E-state index in [2.05, 4.69) is 21.2 Å². The summed E-state index contributed by atoms with van der Waals surface area (Å²) in [6.45, 7) is 2.19. The molecular formula is C10H13BrN2O. The minimum Gasteiger partial charge on any atom is -0.369 e. The van der Waals surface area contributed by atoms with Gasteiger partial charge in [0, 0.05) is 10.5 Å². The molecule has 1 rings (SSSR count). The second-order valence-corrected chi connectivity index (χ2v) is 4.04. The van der Waals surface area contributed by atoms with Crippen LogP contribution in [-0.2, 0) is 4.79 Å².